The van der Waals surface area contributed by atoms with E-state index in [9.17, 15) is 13.9 Å². The fourth-order valence-electron chi connectivity index (χ4n) is 2.10. The molecule has 2 unspecified atom stereocenters. The maximum absolute atomic E-state index is 12.3. The molecule has 0 heterocycles. The average molecular weight is 271 g/mol. The molecule has 1 saturated carbocycles. The second-order valence-corrected chi connectivity index (χ2v) is 4.95. The second-order valence-electron chi connectivity index (χ2n) is 4.95. The van der Waals surface area contributed by atoms with Crippen molar-refractivity contribution in [1.82, 2.24) is 5.32 Å². The van der Waals surface area contributed by atoms with Crippen LogP contribution in [0.3, 0.4) is 0 Å². The van der Waals surface area contributed by atoms with Gasteiger partial charge in [0.1, 0.15) is 5.75 Å². The minimum atomic E-state index is -2.83. The normalized spacial score (nSPS) is 18.4. The molecule has 19 heavy (non-hydrogen) atoms. The predicted molar refractivity (Wildman–Crippen MR) is 68.2 cm³/mol. The summed E-state index contributed by atoms with van der Waals surface area (Å²) in [5, 5.41) is 12.9. The summed E-state index contributed by atoms with van der Waals surface area (Å²) in [7, 11) is 0. The van der Waals surface area contributed by atoms with E-state index in [1.54, 1.807) is 18.2 Å². The average Bonchev–Trinajstić information content (AvgIpc) is 3.19. The van der Waals surface area contributed by atoms with Gasteiger partial charge in [0.25, 0.3) is 0 Å². The van der Waals surface area contributed by atoms with Crippen molar-refractivity contribution >= 4 is 0 Å². The van der Waals surface area contributed by atoms with Crippen molar-refractivity contribution in [3.05, 3.63) is 29.8 Å². The van der Waals surface area contributed by atoms with Crippen LogP contribution in [0.15, 0.2) is 24.3 Å². The first-order chi connectivity index (χ1) is 9.08. The minimum absolute atomic E-state index is 0.150. The highest BCUT2D eigenvalue weighted by Crippen LogP contribution is 2.32. The summed E-state index contributed by atoms with van der Waals surface area (Å²) < 4.78 is 29.1. The molecule has 1 aromatic carbocycles. The van der Waals surface area contributed by atoms with Gasteiger partial charge in [-0.1, -0.05) is 18.2 Å². The van der Waals surface area contributed by atoms with Gasteiger partial charge in [-0.25, -0.2) is 0 Å². The maximum atomic E-state index is 12.3. The number of aliphatic hydroxyl groups excluding tert-OH is 1. The van der Waals surface area contributed by atoms with Gasteiger partial charge < -0.3 is 15.2 Å². The maximum Gasteiger partial charge on any atom is 0.387 e. The molecule has 0 radical (unpaired) electrons. The van der Waals surface area contributed by atoms with Gasteiger partial charge in [0.15, 0.2) is 0 Å². The molecular formula is C14H19F2NO2. The van der Waals surface area contributed by atoms with E-state index in [1.165, 1.54) is 6.07 Å². The fourth-order valence-corrected chi connectivity index (χ4v) is 2.10. The van der Waals surface area contributed by atoms with Crippen LogP contribution < -0.4 is 10.1 Å². The van der Waals surface area contributed by atoms with Crippen LogP contribution in [0.5, 0.6) is 5.75 Å². The summed E-state index contributed by atoms with van der Waals surface area (Å²) in [6.07, 6.45) is 1.79. The Morgan fingerprint density at radius 3 is 2.68 bits per heavy atom. The van der Waals surface area contributed by atoms with Crippen molar-refractivity contribution < 1.29 is 18.6 Å². The molecule has 1 aromatic rings. The van der Waals surface area contributed by atoms with E-state index < -0.39 is 6.61 Å². The van der Waals surface area contributed by atoms with Gasteiger partial charge in [0.05, 0.1) is 6.10 Å². The number of aliphatic hydroxyl groups is 1. The first-order valence-electron chi connectivity index (χ1n) is 6.53. The minimum Gasteiger partial charge on any atom is -0.434 e. The van der Waals surface area contributed by atoms with Gasteiger partial charge in [0, 0.05) is 18.2 Å². The standard InChI is InChI=1S/C14H19F2NO2/c1-9(17-8-12(18)10-6-7-10)11-4-2-3-5-13(11)19-14(15)16/h2-5,9-10,12,14,17-18H,6-8H2,1H3. The monoisotopic (exact) mass is 271 g/mol. The molecular weight excluding hydrogens is 252 g/mol. The van der Waals surface area contributed by atoms with Gasteiger partial charge in [-0.3, -0.25) is 0 Å². The SMILES string of the molecule is CC(NCC(O)C1CC1)c1ccccc1OC(F)F. The fraction of sp³-hybridized carbons (Fsp3) is 0.571. The number of hydrogen-bond acceptors (Lipinski definition) is 3. The van der Waals surface area contributed by atoms with E-state index in [-0.39, 0.29) is 17.9 Å². The third kappa shape index (κ3) is 4.14. The van der Waals surface area contributed by atoms with Crippen molar-refractivity contribution in [2.75, 3.05) is 6.54 Å². The molecule has 0 amide bonds. The van der Waals surface area contributed by atoms with Crippen LogP contribution in [-0.2, 0) is 0 Å². The number of alkyl halides is 2. The first-order valence-corrected chi connectivity index (χ1v) is 6.53. The van der Waals surface area contributed by atoms with Crippen LogP contribution in [0.1, 0.15) is 31.4 Å². The zero-order chi connectivity index (χ0) is 13.8. The van der Waals surface area contributed by atoms with E-state index in [1.807, 2.05) is 6.92 Å². The molecule has 0 spiro atoms. The third-order valence-corrected chi connectivity index (χ3v) is 3.40. The Labute approximate surface area is 111 Å². The number of nitrogens with one attached hydrogen (secondary N) is 1. The van der Waals surface area contributed by atoms with Crippen LogP contribution in [0, 0.1) is 5.92 Å². The van der Waals surface area contributed by atoms with Crippen molar-refractivity contribution in [1.29, 1.82) is 0 Å². The van der Waals surface area contributed by atoms with Gasteiger partial charge in [-0.2, -0.15) is 8.78 Å². The Bertz CT molecular complexity index is 410. The van der Waals surface area contributed by atoms with Crippen LogP contribution in [0.4, 0.5) is 8.78 Å². The summed E-state index contributed by atoms with van der Waals surface area (Å²) in [4.78, 5) is 0. The molecule has 2 rings (SSSR count). The van der Waals surface area contributed by atoms with E-state index in [4.69, 9.17) is 0 Å². The van der Waals surface area contributed by atoms with Gasteiger partial charge in [-0.15, -0.1) is 0 Å². The number of hydrogen-bond donors (Lipinski definition) is 2. The highest BCUT2D eigenvalue weighted by Gasteiger charge is 2.29. The molecule has 0 aliphatic heterocycles. The molecule has 2 N–H and O–H groups in total. The number of ether oxygens (including phenoxy) is 1. The lowest BCUT2D eigenvalue weighted by Gasteiger charge is -2.19. The molecule has 5 heteroatoms. The lowest BCUT2D eigenvalue weighted by Crippen LogP contribution is -2.30. The Balaban J connectivity index is 1.95. The zero-order valence-corrected chi connectivity index (χ0v) is 10.9. The van der Waals surface area contributed by atoms with Crippen molar-refractivity contribution in [2.24, 2.45) is 5.92 Å². The quantitative estimate of drug-likeness (QED) is 0.801. The Morgan fingerprint density at radius 1 is 1.37 bits per heavy atom. The van der Waals surface area contributed by atoms with E-state index in [2.05, 4.69) is 10.1 Å². The highest BCUT2D eigenvalue weighted by molar-refractivity contribution is 5.35. The molecule has 0 saturated heterocycles. The molecule has 0 aromatic heterocycles. The summed E-state index contributed by atoms with van der Waals surface area (Å²) in [5.74, 6) is 0.575. The summed E-state index contributed by atoms with van der Waals surface area (Å²) in [5.41, 5.74) is 0.672. The lowest BCUT2D eigenvalue weighted by atomic mass is 10.1. The number of halogens is 2. The Morgan fingerprint density at radius 2 is 2.05 bits per heavy atom. The zero-order valence-electron chi connectivity index (χ0n) is 10.9. The lowest BCUT2D eigenvalue weighted by molar-refractivity contribution is -0.0507. The smallest absolute Gasteiger partial charge is 0.387 e. The molecule has 106 valence electrons. The number of rotatable bonds is 7. The molecule has 2 atom stereocenters. The number of benzene rings is 1. The van der Waals surface area contributed by atoms with Crippen LogP contribution >= 0.6 is 0 Å². The van der Waals surface area contributed by atoms with Crippen LogP contribution in [0.2, 0.25) is 0 Å². The topological polar surface area (TPSA) is 41.5 Å². The van der Waals surface area contributed by atoms with E-state index in [0.29, 0.717) is 18.0 Å². The molecule has 1 aliphatic rings. The van der Waals surface area contributed by atoms with E-state index >= 15 is 0 Å². The summed E-state index contributed by atoms with van der Waals surface area (Å²) in [6.45, 7) is -0.493. The number of para-hydroxylation sites is 1. The summed E-state index contributed by atoms with van der Waals surface area (Å²) in [6, 6.07) is 6.56. The van der Waals surface area contributed by atoms with Gasteiger partial charge in [-0.05, 0) is 31.7 Å². The summed E-state index contributed by atoms with van der Waals surface area (Å²) >= 11 is 0. The second kappa shape index (κ2) is 6.30. The van der Waals surface area contributed by atoms with Crippen molar-refractivity contribution in [3.63, 3.8) is 0 Å². The van der Waals surface area contributed by atoms with Crippen LogP contribution in [-0.4, -0.2) is 24.4 Å². The largest absolute Gasteiger partial charge is 0.434 e. The van der Waals surface area contributed by atoms with Crippen LogP contribution in [0.25, 0.3) is 0 Å². The molecule has 1 fully saturated rings. The molecule has 0 bridgehead atoms. The highest BCUT2D eigenvalue weighted by atomic mass is 19.3. The van der Waals surface area contributed by atoms with E-state index in [0.717, 1.165) is 12.8 Å². The molecule has 1 aliphatic carbocycles. The van der Waals surface area contributed by atoms with Crippen molar-refractivity contribution in [2.45, 2.75) is 38.5 Å². The first kappa shape index (κ1) is 14.2. The Kier molecular flexibility index (Phi) is 4.71. The Hall–Kier alpha value is -1.20. The third-order valence-electron chi connectivity index (χ3n) is 3.40. The molecule has 3 nitrogen and oxygen atoms in total. The van der Waals surface area contributed by atoms with Gasteiger partial charge in [0.2, 0.25) is 0 Å². The predicted octanol–water partition coefficient (Wildman–Crippen LogP) is 2.71. The van der Waals surface area contributed by atoms with Crippen molar-refractivity contribution in [3.8, 4) is 5.75 Å². The van der Waals surface area contributed by atoms with Gasteiger partial charge >= 0.3 is 6.61 Å².